The number of H-pyrrole nitrogens is 1. The molecule has 3 N–H and O–H groups in total. The summed E-state index contributed by atoms with van der Waals surface area (Å²) in [5.74, 6) is 2.25. The summed E-state index contributed by atoms with van der Waals surface area (Å²) in [5, 5.41) is 0. The van der Waals surface area contributed by atoms with Gasteiger partial charge >= 0.3 is 0 Å². The first-order valence-corrected chi connectivity index (χ1v) is 6.91. The number of hydrogen-bond donors (Lipinski definition) is 2. The number of aromatic amines is 1. The Labute approximate surface area is 119 Å². The molecule has 0 bridgehead atoms. The van der Waals surface area contributed by atoms with Crippen molar-refractivity contribution in [1.82, 2.24) is 9.97 Å². The normalized spacial score (nSPS) is 23.6. The zero-order chi connectivity index (χ0) is 14.5. The lowest BCUT2D eigenvalue weighted by molar-refractivity contribution is 0.407. The molecular formula is C16H21N3O. The number of methoxy groups -OCH3 is 1. The minimum absolute atomic E-state index is 0.168. The Kier molecular flexibility index (Phi) is 2.78. The molecule has 0 amide bonds. The van der Waals surface area contributed by atoms with Crippen molar-refractivity contribution in [1.29, 1.82) is 0 Å². The molecule has 20 heavy (non-hydrogen) atoms. The summed E-state index contributed by atoms with van der Waals surface area (Å²) in [6.07, 6.45) is 0. The van der Waals surface area contributed by atoms with Gasteiger partial charge in [-0.25, -0.2) is 4.98 Å². The number of aryl methyl sites for hydroxylation is 1. The van der Waals surface area contributed by atoms with Crippen LogP contribution in [-0.4, -0.2) is 17.1 Å². The Morgan fingerprint density at radius 2 is 1.95 bits per heavy atom. The van der Waals surface area contributed by atoms with Crippen molar-refractivity contribution >= 4 is 5.95 Å². The molecule has 3 rings (SSSR count). The number of imidazole rings is 1. The summed E-state index contributed by atoms with van der Waals surface area (Å²) in [6.45, 7) is 6.59. The number of nitrogen functional groups attached to an aromatic ring is 1. The molecule has 1 aromatic carbocycles. The zero-order valence-corrected chi connectivity index (χ0v) is 12.4. The molecule has 106 valence electrons. The average Bonchev–Trinajstić information content (AvgIpc) is 2.81. The predicted octanol–water partition coefficient (Wildman–Crippen LogP) is 3.22. The zero-order valence-electron chi connectivity index (χ0n) is 12.4. The van der Waals surface area contributed by atoms with E-state index < -0.39 is 0 Å². The molecular weight excluding hydrogens is 250 g/mol. The molecule has 4 nitrogen and oxygen atoms in total. The molecule has 4 heteroatoms. The van der Waals surface area contributed by atoms with Gasteiger partial charge in [0, 0.05) is 17.5 Å². The van der Waals surface area contributed by atoms with E-state index in [2.05, 4.69) is 35.9 Å². The number of para-hydroxylation sites is 1. The van der Waals surface area contributed by atoms with Crippen molar-refractivity contribution in [3.05, 3.63) is 41.2 Å². The molecule has 0 saturated heterocycles. The van der Waals surface area contributed by atoms with Crippen LogP contribution in [0.25, 0.3) is 0 Å². The number of nitrogens with one attached hydrogen (secondary N) is 1. The molecule has 2 atom stereocenters. The fourth-order valence-corrected chi connectivity index (χ4v) is 3.45. The Balaban J connectivity index is 2.02. The van der Waals surface area contributed by atoms with E-state index in [1.165, 1.54) is 5.56 Å². The van der Waals surface area contributed by atoms with E-state index in [0.29, 0.717) is 17.8 Å². The molecule has 1 heterocycles. The van der Waals surface area contributed by atoms with Gasteiger partial charge in [-0.15, -0.1) is 0 Å². The van der Waals surface area contributed by atoms with Gasteiger partial charge in [0.25, 0.3) is 0 Å². The van der Waals surface area contributed by atoms with E-state index in [1.807, 2.05) is 19.1 Å². The Hall–Kier alpha value is -1.97. The highest BCUT2D eigenvalue weighted by Gasteiger charge is 2.61. The second-order valence-electron chi connectivity index (χ2n) is 6.15. The van der Waals surface area contributed by atoms with Crippen LogP contribution in [0.2, 0.25) is 0 Å². The van der Waals surface area contributed by atoms with Crippen molar-refractivity contribution in [2.75, 3.05) is 12.8 Å². The van der Waals surface area contributed by atoms with Crippen LogP contribution < -0.4 is 10.5 Å². The topological polar surface area (TPSA) is 63.9 Å². The van der Waals surface area contributed by atoms with Crippen molar-refractivity contribution in [2.45, 2.75) is 32.6 Å². The number of anilines is 1. The molecule has 2 unspecified atom stereocenters. The maximum Gasteiger partial charge on any atom is 0.197 e. The highest BCUT2D eigenvalue weighted by atomic mass is 16.5. The Morgan fingerprint density at radius 3 is 2.55 bits per heavy atom. The van der Waals surface area contributed by atoms with E-state index in [4.69, 9.17) is 10.5 Å². The van der Waals surface area contributed by atoms with E-state index in [1.54, 1.807) is 7.11 Å². The molecule has 1 aromatic heterocycles. The highest BCUT2D eigenvalue weighted by molar-refractivity contribution is 5.48. The molecule has 1 aliphatic carbocycles. The molecule has 0 aliphatic heterocycles. The smallest absolute Gasteiger partial charge is 0.197 e. The molecule has 0 spiro atoms. The van der Waals surface area contributed by atoms with Crippen LogP contribution in [0.4, 0.5) is 5.95 Å². The van der Waals surface area contributed by atoms with Crippen LogP contribution in [0.5, 0.6) is 5.75 Å². The fraction of sp³-hybridized carbons (Fsp3) is 0.438. The third-order valence-electron chi connectivity index (χ3n) is 4.54. The van der Waals surface area contributed by atoms with Crippen molar-refractivity contribution < 1.29 is 4.74 Å². The number of nitrogens with zero attached hydrogens (tertiary/aromatic N) is 1. The lowest BCUT2D eigenvalue weighted by Crippen LogP contribution is -1.94. The van der Waals surface area contributed by atoms with Crippen LogP contribution in [0.1, 0.15) is 42.6 Å². The van der Waals surface area contributed by atoms with E-state index in [9.17, 15) is 0 Å². The standard InChI is InChI=1S/C16H21N3O/c1-9-14(19-15(17)18-9)13-12(16(13,2)3)10-7-5-6-8-11(10)20-4/h5-8,12-13H,1-4H3,(H3,17,18,19). The third kappa shape index (κ3) is 1.79. The van der Waals surface area contributed by atoms with Gasteiger partial charge in [-0.3, -0.25) is 0 Å². The molecule has 1 fully saturated rings. The van der Waals surface area contributed by atoms with Gasteiger partial charge in [0.05, 0.1) is 12.8 Å². The summed E-state index contributed by atoms with van der Waals surface area (Å²) < 4.78 is 5.51. The third-order valence-corrected chi connectivity index (χ3v) is 4.54. The van der Waals surface area contributed by atoms with Crippen LogP contribution in [0.15, 0.2) is 24.3 Å². The molecule has 1 saturated carbocycles. The lowest BCUT2D eigenvalue weighted by Gasteiger charge is -2.08. The van der Waals surface area contributed by atoms with Crippen molar-refractivity contribution in [3.63, 3.8) is 0 Å². The van der Waals surface area contributed by atoms with Gasteiger partial charge in [0.2, 0.25) is 0 Å². The second-order valence-corrected chi connectivity index (χ2v) is 6.15. The maximum absolute atomic E-state index is 5.78. The summed E-state index contributed by atoms with van der Waals surface area (Å²) >= 11 is 0. The lowest BCUT2D eigenvalue weighted by atomic mass is 10.0. The molecule has 2 aromatic rings. The van der Waals surface area contributed by atoms with Gasteiger partial charge < -0.3 is 15.5 Å². The number of nitrogens with two attached hydrogens (primary N) is 1. The van der Waals surface area contributed by atoms with E-state index >= 15 is 0 Å². The van der Waals surface area contributed by atoms with Gasteiger partial charge in [0.15, 0.2) is 5.95 Å². The quantitative estimate of drug-likeness (QED) is 0.901. The summed E-state index contributed by atoms with van der Waals surface area (Å²) in [6, 6.07) is 8.24. The second kappa shape index (κ2) is 4.27. The fourth-order valence-electron chi connectivity index (χ4n) is 3.45. The summed E-state index contributed by atoms with van der Waals surface area (Å²) in [7, 11) is 1.72. The van der Waals surface area contributed by atoms with Crippen LogP contribution in [-0.2, 0) is 0 Å². The minimum atomic E-state index is 0.168. The predicted molar refractivity (Wildman–Crippen MR) is 80.0 cm³/mol. The van der Waals surface area contributed by atoms with Gasteiger partial charge in [0.1, 0.15) is 5.75 Å². The number of ether oxygens (including phenoxy) is 1. The average molecular weight is 271 g/mol. The Morgan fingerprint density at radius 1 is 1.25 bits per heavy atom. The first kappa shape index (κ1) is 13.0. The van der Waals surface area contributed by atoms with Crippen LogP contribution in [0.3, 0.4) is 0 Å². The molecule has 1 aliphatic rings. The number of benzene rings is 1. The van der Waals surface area contributed by atoms with E-state index in [0.717, 1.165) is 17.1 Å². The maximum atomic E-state index is 5.78. The van der Waals surface area contributed by atoms with Crippen molar-refractivity contribution in [2.24, 2.45) is 5.41 Å². The number of aromatic nitrogens is 2. The van der Waals surface area contributed by atoms with Crippen molar-refractivity contribution in [3.8, 4) is 5.75 Å². The monoisotopic (exact) mass is 271 g/mol. The number of hydrogen-bond acceptors (Lipinski definition) is 3. The first-order valence-electron chi connectivity index (χ1n) is 6.91. The molecule has 0 radical (unpaired) electrons. The highest BCUT2D eigenvalue weighted by Crippen LogP contribution is 2.71. The Bertz CT molecular complexity index is 645. The number of rotatable bonds is 3. The van der Waals surface area contributed by atoms with Gasteiger partial charge in [-0.1, -0.05) is 32.0 Å². The van der Waals surface area contributed by atoms with E-state index in [-0.39, 0.29) is 5.41 Å². The minimum Gasteiger partial charge on any atom is -0.496 e. The SMILES string of the molecule is COc1ccccc1C1C(c2nc(N)[nH]c2C)C1(C)C. The van der Waals surface area contributed by atoms with Crippen LogP contribution in [0, 0.1) is 12.3 Å². The summed E-state index contributed by atoms with van der Waals surface area (Å²) in [5.41, 5.74) is 9.36. The van der Waals surface area contributed by atoms with Crippen LogP contribution >= 0.6 is 0 Å². The first-order chi connectivity index (χ1) is 9.46. The largest absolute Gasteiger partial charge is 0.496 e. The van der Waals surface area contributed by atoms with Gasteiger partial charge in [-0.2, -0.15) is 0 Å². The van der Waals surface area contributed by atoms with Gasteiger partial charge in [-0.05, 0) is 24.0 Å². The summed E-state index contributed by atoms with van der Waals surface area (Å²) in [4.78, 5) is 7.58.